The lowest BCUT2D eigenvalue weighted by Gasteiger charge is -2.22. The first-order valence-corrected chi connectivity index (χ1v) is 9.23. The monoisotopic (exact) mass is 361 g/mol. The van der Waals surface area contributed by atoms with Crippen molar-refractivity contribution in [3.8, 4) is 11.3 Å². The van der Waals surface area contributed by atoms with Crippen molar-refractivity contribution in [1.82, 2.24) is 15.5 Å². The Bertz CT molecular complexity index is 736. The Morgan fingerprint density at radius 2 is 2.00 bits per heavy atom. The number of aromatic nitrogens is 2. The van der Waals surface area contributed by atoms with Gasteiger partial charge < -0.3 is 10.4 Å². The minimum absolute atomic E-state index is 0.115. The minimum Gasteiger partial charge on any atom is -0.373 e. The molecule has 0 bridgehead atoms. The number of hydrogen-bond acceptors (Lipinski definition) is 3. The van der Waals surface area contributed by atoms with Gasteiger partial charge in [-0.15, -0.1) is 0 Å². The quantitative estimate of drug-likeness (QED) is 0.567. The molecule has 134 valence electrons. The number of hydrogen-bond donors (Lipinski definition) is 3. The number of aromatic amines is 1. The van der Waals surface area contributed by atoms with Gasteiger partial charge in [0.15, 0.2) is 0 Å². The van der Waals surface area contributed by atoms with E-state index in [9.17, 15) is 9.90 Å². The van der Waals surface area contributed by atoms with Crippen molar-refractivity contribution >= 4 is 17.5 Å². The van der Waals surface area contributed by atoms with Crippen molar-refractivity contribution in [3.05, 3.63) is 40.5 Å². The van der Waals surface area contributed by atoms with E-state index in [1.807, 2.05) is 19.1 Å². The SMILES string of the molecule is Cc1cc(-c2ccc(Cl)c(C(=O)NC(O)C3CCCCCC3)c2)[nH]n1. The number of aliphatic hydroxyl groups is 1. The maximum absolute atomic E-state index is 12.6. The maximum Gasteiger partial charge on any atom is 0.254 e. The van der Waals surface area contributed by atoms with Crippen molar-refractivity contribution in [2.75, 3.05) is 0 Å². The van der Waals surface area contributed by atoms with Gasteiger partial charge in [0.2, 0.25) is 0 Å². The second-order valence-electron chi connectivity index (χ2n) is 6.79. The molecule has 25 heavy (non-hydrogen) atoms. The Hall–Kier alpha value is -1.85. The molecule has 1 atom stereocenters. The summed E-state index contributed by atoms with van der Waals surface area (Å²) in [7, 11) is 0. The molecule has 0 spiro atoms. The van der Waals surface area contributed by atoms with Crippen molar-refractivity contribution in [2.45, 2.75) is 51.7 Å². The molecule has 3 rings (SSSR count). The number of carbonyl (C=O) groups excluding carboxylic acids is 1. The highest BCUT2D eigenvalue weighted by Crippen LogP contribution is 2.27. The summed E-state index contributed by atoms with van der Waals surface area (Å²) in [4.78, 5) is 12.6. The van der Waals surface area contributed by atoms with Gasteiger partial charge in [0.25, 0.3) is 5.91 Å². The predicted octanol–water partition coefficient (Wildman–Crippen LogP) is 4.06. The largest absolute Gasteiger partial charge is 0.373 e. The number of H-pyrrole nitrogens is 1. The number of aryl methyl sites for hydroxylation is 1. The molecule has 1 aliphatic rings. The fourth-order valence-electron chi connectivity index (χ4n) is 3.39. The Morgan fingerprint density at radius 3 is 2.64 bits per heavy atom. The van der Waals surface area contributed by atoms with E-state index in [0.29, 0.717) is 10.6 Å². The first-order valence-electron chi connectivity index (χ1n) is 8.85. The summed E-state index contributed by atoms with van der Waals surface area (Å²) in [6.45, 7) is 1.90. The van der Waals surface area contributed by atoms with Gasteiger partial charge in [-0.2, -0.15) is 5.10 Å². The summed E-state index contributed by atoms with van der Waals surface area (Å²) in [5.74, 6) is -0.233. The van der Waals surface area contributed by atoms with Gasteiger partial charge in [0.05, 0.1) is 22.0 Å². The zero-order valence-corrected chi connectivity index (χ0v) is 15.1. The van der Waals surface area contributed by atoms with E-state index < -0.39 is 6.23 Å². The standard InChI is InChI=1S/C19H24ClN3O2/c1-12-10-17(23-22-12)14-8-9-16(20)15(11-14)19(25)21-18(24)13-6-4-2-3-5-7-13/h8-11,13,18,24H,2-7H2,1H3,(H,21,25)(H,22,23). The highest BCUT2D eigenvalue weighted by Gasteiger charge is 2.23. The van der Waals surface area contributed by atoms with Crippen LogP contribution in [0.25, 0.3) is 11.3 Å². The molecule has 1 aliphatic carbocycles. The molecule has 1 aromatic carbocycles. The summed E-state index contributed by atoms with van der Waals surface area (Å²) in [6.07, 6.45) is 5.67. The first kappa shape index (κ1) is 18.0. The van der Waals surface area contributed by atoms with Crippen LogP contribution in [0.4, 0.5) is 0 Å². The maximum atomic E-state index is 12.6. The van der Waals surface area contributed by atoms with E-state index in [2.05, 4.69) is 15.5 Å². The van der Waals surface area contributed by atoms with Gasteiger partial charge in [-0.1, -0.05) is 43.4 Å². The van der Waals surface area contributed by atoms with Crippen LogP contribution in [0.15, 0.2) is 24.3 Å². The van der Waals surface area contributed by atoms with E-state index in [0.717, 1.165) is 42.6 Å². The summed E-state index contributed by atoms with van der Waals surface area (Å²) in [5, 5.41) is 20.6. The highest BCUT2D eigenvalue weighted by atomic mass is 35.5. The number of halogens is 1. The van der Waals surface area contributed by atoms with Gasteiger partial charge in [0.1, 0.15) is 6.23 Å². The van der Waals surface area contributed by atoms with E-state index in [4.69, 9.17) is 11.6 Å². The molecule has 1 fully saturated rings. The fourth-order valence-corrected chi connectivity index (χ4v) is 3.60. The molecule has 0 aliphatic heterocycles. The Balaban J connectivity index is 1.74. The molecule has 1 heterocycles. The Labute approximate surface area is 152 Å². The number of amides is 1. The first-order chi connectivity index (χ1) is 12.0. The average Bonchev–Trinajstić information content (AvgIpc) is 2.85. The third kappa shape index (κ3) is 4.41. The van der Waals surface area contributed by atoms with Crippen LogP contribution in [0.1, 0.15) is 54.6 Å². The van der Waals surface area contributed by atoms with Crippen LogP contribution in [0, 0.1) is 12.8 Å². The van der Waals surface area contributed by atoms with Gasteiger partial charge in [-0.3, -0.25) is 9.89 Å². The minimum atomic E-state index is -0.834. The van der Waals surface area contributed by atoms with Crippen LogP contribution in [0.2, 0.25) is 5.02 Å². The van der Waals surface area contributed by atoms with Crippen molar-refractivity contribution in [2.24, 2.45) is 5.92 Å². The topological polar surface area (TPSA) is 78.0 Å². The van der Waals surface area contributed by atoms with Gasteiger partial charge in [0, 0.05) is 11.5 Å². The van der Waals surface area contributed by atoms with E-state index >= 15 is 0 Å². The molecular weight excluding hydrogens is 338 g/mol. The number of nitrogens with one attached hydrogen (secondary N) is 2. The molecule has 1 unspecified atom stereocenters. The van der Waals surface area contributed by atoms with Crippen molar-refractivity contribution < 1.29 is 9.90 Å². The van der Waals surface area contributed by atoms with Gasteiger partial charge >= 0.3 is 0 Å². The molecule has 6 heteroatoms. The zero-order valence-electron chi connectivity index (χ0n) is 14.4. The molecule has 0 radical (unpaired) electrons. The molecule has 5 nitrogen and oxygen atoms in total. The smallest absolute Gasteiger partial charge is 0.254 e. The summed E-state index contributed by atoms with van der Waals surface area (Å²) < 4.78 is 0. The molecule has 3 N–H and O–H groups in total. The lowest BCUT2D eigenvalue weighted by molar-refractivity contribution is 0.0532. The van der Waals surface area contributed by atoms with E-state index in [1.54, 1.807) is 12.1 Å². The molecular formula is C19H24ClN3O2. The molecule has 2 aromatic rings. The number of rotatable bonds is 4. The lowest BCUT2D eigenvalue weighted by atomic mass is 9.98. The van der Waals surface area contributed by atoms with Gasteiger partial charge in [-0.05, 0) is 38.0 Å². The van der Waals surface area contributed by atoms with Crippen molar-refractivity contribution in [3.63, 3.8) is 0 Å². The third-order valence-electron chi connectivity index (χ3n) is 4.85. The van der Waals surface area contributed by atoms with Crippen LogP contribution in [0.5, 0.6) is 0 Å². The normalized spacial score (nSPS) is 17.1. The Kier molecular flexibility index (Phi) is 5.76. The number of aliphatic hydroxyl groups excluding tert-OH is 1. The number of nitrogens with zero attached hydrogens (tertiary/aromatic N) is 1. The fraction of sp³-hybridized carbons (Fsp3) is 0.474. The second-order valence-corrected chi connectivity index (χ2v) is 7.19. The summed E-state index contributed by atoms with van der Waals surface area (Å²) in [5.41, 5.74) is 2.89. The molecule has 1 aromatic heterocycles. The van der Waals surface area contributed by atoms with Crippen LogP contribution < -0.4 is 5.32 Å². The number of benzene rings is 1. The number of carbonyl (C=O) groups is 1. The molecule has 0 saturated heterocycles. The van der Waals surface area contributed by atoms with Crippen molar-refractivity contribution in [1.29, 1.82) is 0 Å². The second kappa shape index (κ2) is 8.02. The van der Waals surface area contributed by atoms with Crippen LogP contribution in [-0.4, -0.2) is 27.4 Å². The van der Waals surface area contributed by atoms with Crippen LogP contribution in [-0.2, 0) is 0 Å². The summed E-state index contributed by atoms with van der Waals surface area (Å²) in [6, 6.07) is 7.17. The molecule has 1 saturated carbocycles. The van der Waals surface area contributed by atoms with E-state index in [1.165, 1.54) is 12.8 Å². The van der Waals surface area contributed by atoms with Gasteiger partial charge in [-0.25, -0.2) is 0 Å². The molecule has 1 amide bonds. The predicted molar refractivity (Wildman–Crippen MR) is 98.4 cm³/mol. The third-order valence-corrected chi connectivity index (χ3v) is 5.18. The lowest BCUT2D eigenvalue weighted by Crippen LogP contribution is -2.40. The summed E-state index contributed by atoms with van der Waals surface area (Å²) >= 11 is 6.21. The van der Waals surface area contributed by atoms with E-state index in [-0.39, 0.29) is 11.8 Å². The van der Waals surface area contributed by atoms with Crippen LogP contribution >= 0.6 is 11.6 Å². The zero-order chi connectivity index (χ0) is 17.8. The average molecular weight is 362 g/mol. The Morgan fingerprint density at radius 1 is 1.28 bits per heavy atom. The highest BCUT2D eigenvalue weighted by molar-refractivity contribution is 6.34. The van der Waals surface area contributed by atoms with Crippen LogP contribution in [0.3, 0.4) is 0 Å².